The fraction of sp³-hybridized carbons (Fsp3) is 0.467. The van der Waals surface area contributed by atoms with Crippen molar-refractivity contribution in [3.05, 3.63) is 35.8 Å². The highest BCUT2D eigenvalue weighted by molar-refractivity contribution is 5.84. The van der Waals surface area contributed by atoms with Gasteiger partial charge in [0.1, 0.15) is 5.65 Å². The van der Waals surface area contributed by atoms with Crippen LogP contribution in [0.5, 0.6) is 0 Å². The van der Waals surface area contributed by atoms with Gasteiger partial charge in [-0.05, 0) is 38.1 Å². The highest BCUT2D eigenvalue weighted by Crippen LogP contribution is 2.21. The molecule has 2 aromatic rings. The minimum absolute atomic E-state index is 0.606. The van der Waals surface area contributed by atoms with E-state index in [1.807, 2.05) is 22.7 Å². The van der Waals surface area contributed by atoms with Gasteiger partial charge in [-0.1, -0.05) is 6.92 Å². The predicted molar refractivity (Wildman–Crippen MR) is 74.6 cm³/mol. The molecule has 1 fully saturated rings. The third kappa shape index (κ3) is 2.28. The number of rotatable bonds is 4. The molecule has 0 N–H and O–H groups in total. The Morgan fingerprint density at radius 2 is 2.42 bits per heavy atom. The monoisotopic (exact) mass is 257 g/mol. The molecule has 0 amide bonds. The zero-order valence-corrected chi connectivity index (χ0v) is 11.2. The van der Waals surface area contributed by atoms with E-state index < -0.39 is 0 Å². The number of aldehydes is 1. The summed E-state index contributed by atoms with van der Waals surface area (Å²) >= 11 is 0. The second kappa shape index (κ2) is 5.13. The van der Waals surface area contributed by atoms with Crippen molar-refractivity contribution in [2.75, 3.05) is 13.1 Å². The van der Waals surface area contributed by atoms with Gasteiger partial charge in [0.05, 0.1) is 11.3 Å². The van der Waals surface area contributed by atoms with Crippen molar-refractivity contribution in [2.45, 2.75) is 32.2 Å². The van der Waals surface area contributed by atoms with Crippen LogP contribution in [0.1, 0.15) is 35.8 Å². The lowest BCUT2D eigenvalue weighted by Gasteiger charge is -2.21. The quantitative estimate of drug-likeness (QED) is 0.788. The molecule has 4 nitrogen and oxygen atoms in total. The smallest absolute Gasteiger partial charge is 0.153 e. The lowest BCUT2D eigenvalue weighted by molar-refractivity contribution is 0.112. The number of likely N-dealkylation sites (tertiary alicyclic amines) is 1. The van der Waals surface area contributed by atoms with Crippen LogP contribution in [0.3, 0.4) is 0 Å². The lowest BCUT2D eigenvalue weighted by atomic mass is 10.1. The number of imidazole rings is 1. The first kappa shape index (κ1) is 12.4. The Morgan fingerprint density at radius 1 is 1.53 bits per heavy atom. The maximum atomic E-state index is 11.0. The minimum atomic E-state index is 0.606. The molecule has 1 aliphatic rings. The Bertz CT molecular complexity index is 590. The van der Waals surface area contributed by atoms with Crippen LogP contribution in [0.4, 0.5) is 0 Å². The summed E-state index contributed by atoms with van der Waals surface area (Å²) in [5.41, 5.74) is 2.51. The molecule has 0 saturated carbocycles. The van der Waals surface area contributed by atoms with Crippen LogP contribution in [0.15, 0.2) is 24.5 Å². The summed E-state index contributed by atoms with van der Waals surface area (Å²) in [4.78, 5) is 18.2. The van der Waals surface area contributed by atoms with Gasteiger partial charge in [0.15, 0.2) is 6.29 Å². The van der Waals surface area contributed by atoms with E-state index in [0.717, 1.165) is 30.6 Å². The normalized spacial score (nSPS) is 20.2. The molecule has 3 rings (SSSR count). The van der Waals surface area contributed by atoms with Crippen LogP contribution in [0.25, 0.3) is 5.65 Å². The Labute approximate surface area is 113 Å². The van der Waals surface area contributed by atoms with Crippen LogP contribution in [0, 0.1) is 0 Å². The zero-order chi connectivity index (χ0) is 13.2. The van der Waals surface area contributed by atoms with Crippen molar-refractivity contribution in [3.63, 3.8) is 0 Å². The fourth-order valence-electron chi connectivity index (χ4n) is 3.06. The number of likely N-dealkylation sites (N-methyl/N-ethyl adjacent to an activating group) is 1. The molecule has 0 aliphatic carbocycles. The van der Waals surface area contributed by atoms with Crippen LogP contribution < -0.4 is 0 Å². The molecule has 1 aliphatic heterocycles. The van der Waals surface area contributed by atoms with E-state index in [-0.39, 0.29) is 0 Å². The highest BCUT2D eigenvalue weighted by Gasteiger charge is 2.24. The van der Waals surface area contributed by atoms with Gasteiger partial charge in [-0.2, -0.15) is 0 Å². The van der Waals surface area contributed by atoms with Crippen LogP contribution in [-0.4, -0.2) is 39.7 Å². The van der Waals surface area contributed by atoms with E-state index in [1.165, 1.54) is 19.4 Å². The lowest BCUT2D eigenvalue weighted by Crippen LogP contribution is -2.30. The SMILES string of the molecule is CCN1CCCC1Cc1cn2cccc(C=O)c2n1. The van der Waals surface area contributed by atoms with Crippen molar-refractivity contribution < 1.29 is 4.79 Å². The van der Waals surface area contributed by atoms with Crippen molar-refractivity contribution in [3.8, 4) is 0 Å². The van der Waals surface area contributed by atoms with Crippen LogP contribution >= 0.6 is 0 Å². The summed E-state index contributed by atoms with van der Waals surface area (Å²) in [6.45, 7) is 4.53. The molecule has 2 aromatic heterocycles. The van der Waals surface area contributed by atoms with Gasteiger partial charge in [-0.25, -0.2) is 4.98 Å². The number of carbonyl (C=O) groups excluding carboxylic acids is 1. The summed E-state index contributed by atoms with van der Waals surface area (Å²) < 4.78 is 1.95. The molecule has 1 saturated heterocycles. The number of carbonyl (C=O) groups is 1. The highest BCUT2D eigenvalue weighted by atomic mass is 16.1. The minimum Gasteiger partial charge on any atom is -0.306 e. The van der Waals surface area contributed by atoms with Crippen molar-refractivity contribution in [1.82, 2.24) is 14.3 Å². The molecule has 0 bridgehead atoms. The van der Waals surface area contributed by atoms with E-state index in [1.54, 1.807) is 0 Å². The fourth-order valence-corrected chi connectivity index (χ4v) is 3.06. The molecular formula is C15H19N3O. The first-order valence-electron chi connectivity index (χ1n) is 6.97. The van der Waals surface area contributed by atoms with Gasteiger partial charge in [0.2, 0.25) is 0 Å². The van der Waals surface area contributed by atoms with E-state index in [9.17, 15) is 4.79 Å². The molecule has 19 heavy (non-hydrogen) atoms. The molecular weight excluding hydrogens is 238 g/mol. The van der Waals surface area contributed by atoms with Gasteiger partial charge in [0, 0.05) is 24.9 Å². The second-order valence-electron chi connectivity index (χ2n) is 5.17. The summed E-state index contributed by atoms with van der Waals surface area (Å²) in [6, 6.07) is 4.30. The van der Waals surface area contributed by atoms with Crippen molar-refractivity contribution >= 4 is 11.9 Å². The maximum Gasteiger partial charge on any atom is 0.153 e. The second-order valence-corrected chi connectivity index (χ2v) is 5.17. The third-order valence-electron chi connectivity index (χ3n) is 4.04. The third-order valence-corrected chi connectivity index (χ3v) is 4.04. The van der Waals surface area contributed by atoms with Gasteiger partial charge >= 0.3 is 0 Å². The van der Waals surface area contributed by atoms with Crippen molar-refractivity contribution in [1.29, 1.82) is 0 Å². The summed E-state index contributed by atoms with van der Waals surface area (Å²) in [7, 11) is 0. The van der Waals surface area contributed by atoms with Crippen molar-refractivity contribution in [2.24, 2.45) is 0 Å². The van der Waals surface area contributed by atoms with Gasteiger partial charge < -0.3 is 9.30 Å². The van der Waals surface area contributed by atoms with Gasteiger partial charge in [-0.3, -0.25) is 4.79 Å². The number of fused-ring (bicyclic) bond motifs is 1. The van der Waals surface area contributed by atoms with Crippen LogP contribution in [-0.2, 0) is 6.42 Å². The molecule has 0 radical (unpaired) electrons. The Morgan fingerprint density at radius 3 is 3.21 bits per heavy atom. The molecule has 0 aromatic carbocycles. The average Bonchev–Trinajstić information content (AvgIpc) is 3.04. The number of aromatic nitrogens is 2. The Kier molecular flexibility index (Phi) is 3.34. The molecule has 0 spiro atoms. The van der Waals surface area contributed by atoms with E-state index in [2.05, 4.69) is 23.0 Å². The standard InChI is InChI=1S/C15H19N3O/c1-2-17-7-4-6-14(17)9-13-10-18-8-3-5-12(11-19)15(18)16-13/h3,5,8,10-11,14H,2,4,6-7,9H2,1H3. The Hall–Kier alpha value is -1.68. The molecule has 100 valence electrons. The molecule has 1 atom stereocenters. The first-order chi connectivity index (χ1) is 9.31. The summed E-state index contributed by atoms with van der Waals surface area (Å²) in [5.74, 6) is 0. The van der Waals surface area contributed by atoms with Crippen LogP contribution in [0.2, 0.25) is 0 Å². The number of hydrogen-bond donors (Lipinski definition) is 0. The van der Waals surface area contributed by atoms with E-state index in [0.29, 0.717) is 11.6 Å². The van der Waals surface area contributed by atoms with E-state index in [4.69, 9.17) is 0 Å². The Balaban J connectivity index is 1.87. The number of hydrogen-bond acceptors (Lipinski definition) is 3. The number of nitrogens with zero attached hydrogens (tertiary/aromatic N) is 3. The maximum absolute atomic E-state index is 11.0. The molecule has 4 heteroatoms. The largest absolute Gasteiger partial charge is 0.306 e. The topological polar surface area (TPSA) is 37.6 Å². The summed E-state index contributed by atoms with van der Waals surface area (Å²) in [6.07, 6.45) is 8.39. The predicted octanol–water partition coefficient (Wildman–Crippen LogP) is 2.17. The average molecular weight is 257 g/mol. The zero-order valence-electron chi connectivity index (χ0n) is 11.2. The summed E-state index contributed by atoms with van der Waals surface area (Å²) in [5, 5.41) is 0. The van der Waals surface area contributed by atoms with Gasteiger partial charge in [0.25, 0.3) is 0 Å². The number of pyridine rings is 1. The molecule has 1 unspecified atom stereocenters. The van der Waals surface area contributed by atoms with E-state index >= 15 is 0 Å². The molecule has 3 heterocycles. The first-order valence-corrected chi connectivity index (χ1v) is 6.97. The van der Waals surface area contributed by atoms with Gasteiger partial charge in [-0.15, -0.1) is 0 Å².